The van der Waals surface area contributed by atoms with Crippen molar-refractivity contribution in [3.8, 4) is 22.3 Å². The summed E-state index contributed by atoms with van der Waals surface area (Å²) < 4.78 is 0. The maximum Gasteiger partial charge on any atom is 0 e. The van der Waals surface area contributed by atoms with Crippen LogP contribution in [0.25, 0.3) is 22.3 Å². The van der Waals surface area contributed by atoms with E-state index in [9.17, 15) is 0 Å². The average Bonchev–Trinajstić information content (AvgIpc) is 2.71. The first kappa shape index (κ1) is 19.7. The van der Waals surface area contributed by atoms with Crippen LogP contribution in [0.4, 0.5) is 5.69 Å². The van der Waals surface area contributed by atoms with E-state index >= 15 is 0 Å². The van der Waals surface area contributed by atoms with Crippen LogP contribution in [0.15, 0.2) is 109 Å². The van der Waals surface area contributed by atoms with Gasteiger partial charge in [0.1, 0.15) is 0 Å². The summed E-state index contributed by atoms with van der Waals surface area (Å²) in [5, 5.41) is 0. The third kappa shape index (κ3) is 5.43. The molecule has 0 aliphatic rings. The van der Waals surface area contributed by atoms with Crippen molar-refractivity contribution in [1.29, 1.82) is 0 Å². The van der Waals surface area contributed by atoms with Crippen LogP contribution in [0.2, 0.25) is 0 Å². The topological polar surface area (TPSA) is 26.0 Å². The summed E-state index contributed by atoms with van der Waals surface area (Å²) in [4.78, 5) is 0. The molecule has 26 heavy (non-hydrogen) atoms. The Bertz CT molecular complexity index is 853. The third-order valence-electron chi connectivity index (χ3n) is 3.84. The quantitative estimate of drug-likeness (QED) is 0.233. The fourth-order valence-corrected chi connectivity index (χ4v) is 2.56. The van der Waals surface area contributed by atoms with Gasteiger partial charge in [0.25, 0.3) is 0 Å². The molecule has 2 N–H and O–H groups in total. The standard InChI is InChI=1S/C12H10N.C12H10.Pd/c13-12-9-5-4-8-11(12)10-6-2-1-3-7-10;1-3-7-11(8-4-1)12-9-5-2-6-10-12;/h1-6,8-9H,13H2;1-10H;/q-1;;. The van der Waals surface area contributed by atoms with Gasteiger partial charge in [0.15, 0.2) is 0 Å². The van der Waals surface area contributed by atoms with Gasteiger partial charge in [0, 0.05) is 20.4 Å². The molecule has 0 aliphatic carbocycles. The fourth-order valence-electron chi connectivity index (χ4n) is 2.56. The number of para-hydroxylation sites is 1. The Morgan fingerprint density at radius 2 is 1.04 bits per heavy atom. The second kappa shape index (κ2) is 10.4. The zero-order valence-electron chi connectivity index (χ0n) is 14.3. The first-order valence-electron chi connectivity index (χ1n) is 8.26. The number of nitrogen functional groups attached to an aromatic ring is 1. The van der Waals surface area contributed by atoms with Gasteiger partial charge in [-0.2, -0.15) is 0 Å². The molecule has 4 rings (SSSR count). The molecule has 0 bridgehead atoms. The molecule has 0 aromatic heterocycles. The molecule has 0 saturated heterocycles. The summed E-state index contributed by atoms with van der Waals surface area (Å²) in [5.41, 5.74) is 11.3. The normalized spacial score (nSPS) is 9.38. The fraction of sp³-hybridized carbons (Fsp3) is 0. The van der Waals surface area contributed by atoms with Crippen LogP contribution < -0.4 is 5.73 Å². The summed E-state index contributed by atoms with van der Waals surface area (Å²) in [7, 11) is 0. The van der Waals surface area contributed by atoms with Crippen molar-refractivity contribution in [3.63, 3.8) is 0 Å². The van der Waals surface area contributed by atoms with Gasteiger partial charge in [0.05, 0.1) is 0 Å². The number of hydrogen-bond acceptors (Lipinski definition) is 1. The Morgan fingerprint density at radius 1 is 0.538 bits per heavy atom. The minimum absolute atomic E-state index is 0. The van der Waals surface area contributed by atoms with Gasteiger partial charge in [-0.1, -0.05) is 84.4 Å². The molecule has 1 nitrogen and oxygen atoms in total. The molecular weight excluding hydrogens is 409 g/mol. The summed E-state index contributed by atoms with van der Waals surface area (Å²) in [6.45, 7) is 0. The number of hydrogen-bond donors (Lipinski definition) is 1. The maximum absolute atomic E-state index is 5.83. The van der Waals surface area contributed by atoms with Crippen molar-refractivity contribution >= 4 is 5.69 Å². The molecule has 4 aromatic carbocycles. The molecule has 0 saturated carbocycles. The Morgan fingerprint density at radius 3 is 1.54 bits per heavy atom. The summed E-state index contributed by atoms with van der Waals surface area (Å²) in [6.07, 6.45) is 0. The van der Waals surface area contributed by atoms with E-state index in [1.165, 1.54) is 11.1 Å². The van der Waals surface area contributed by atoms with Crippen LogP contribution in [0.5, 0.6) is 0 Å². The Balaban J connectivity index is 0.000000180. The Hall–Kier alpha value is -2.66. The smallest absolute Gasteiger partial charge is 0 e. The number of benzene rings is 4. The molecule has 0 atom stereocenters. The number of nitrogens with two attached hydrogens (primary N) is 1. The van der Waals surface area contributed by atoms with Crippen LogP contribution in [-0.4, -0.2) is 0 Å². The second-order valence-electron chi connectivity index (χ2n) is 5.60. The summed E-state index contributed by atoms with van der Waals surface area (Å²) >= 11 is 0. The van der Waals surface area contributed by atoms with Gasteiger partial charge in [-0.3, -0.25) is 0 Å². The van der Waals surface area contributed by atoms with Crippen molar-refractivity contribution in [3.05, 3.63) is 115 Å². The number of rotatable bonds is 2. The minimum Gasteiger partial charge on any atom is -0.406 e. The molecule has 132 valence electrons. The van der Waals surface area contributed by atoms with Crippen LogP contribution in [0.3, 0.4) is 0 Å². The first-order chi connectivity index (χ1) is 12.3. The molecule has 4 aromatic rings. The molecule has 0 amide bonds. The van der Waals surface area contributed by atoms with Crippen LogP contribution in [0.1, 0.15) is 0 Å². The zero-order chi connectivity index (χ0) is 17.3. The minimum atomic E-state index is 0. The van der Waals surface area contributed by atoms with E-state index in [2.05, 4.69) is 54.6 Å². The SMILES string of the molecule is Nc1ccccc1-c1[c-]cccc1.[Pd].c1ccc(-c2ccccc2)cc1. The van der Waals surface area contributed by atoms with Crippen molar-refractivity contribution in [2.24, 2.45) is 0 Å². The van der Waals surface area contributed by atoms with Crippen molar-refractivity contribution in [1.82, 2.24) is 0 Å². The van der Waals surface area contributed by atoms with Gasteiger partial charge in [-0.15, -0.1) is 35.9 Å². The van der Waals surface area contributed by atoms with E-state index in [-0.39, 0.29) is 20.4 Å². The Kier molecular flexibility index (Phi) is 7.84. The van der Waals surface area contributed by atoms with E-state index in [0.717, 1.165) is 16.8 Å². The first-order valence-corrected chi connectivity index (χ1v) is 8.26. The zero-order valence-corrected chi connectivity index (χ0v) is 15.8. The number of anilines is 1. The molecular formula is C24H20NPd-. The predicted octanol–water partition coefficient (Wildman–Crippen LogP) is 6.09. The Labute approximate surface area is 169 Å². The van der Waals surface area contributed by atoms with E-state index in [4.69, 9.17) is 5.73 Å². The van der Waals surface area contributed by atoms with Crippen LogP contribution in [0, 0.1) is 6.07 Å². The van der Waals surface area contributed by atoms with E-state index in [0.29, 0.717) is 0 Å². The predicted molar refractivity (Wildman–Crippen MR) is 107 cm³/mol. The van der Waals surface area contributed by atoms with Crippen LogP contribution >= 0.6 is 0 Å². The molecule has 0 heterocycles. The molecule has 0 fully saturated rings. The van der Waals surface area contributed by atoms with Crippen molar-refractivity contribution in [2.45, 2.75) is 0 Å². The van der Waals surface area contributed by atoms with Crippen molar-refractivity contribution < 1.29 is 20.4 Å². The molecule has 0 aliphatic heterocycles. The molecule has 2 heteroatoms. The molecule has 0 unspecified atom stereocenters. The second-order valence-corrected chi connectivity index (χ2v) is 5.60. The van der Waals surface area contributed by atoms with Crippen LogP contribution in [-0.2, 0) is 20.4 Å². The largest absolute Gasteiger partial charge is 0.406 e. The van der Waals surface area contributed by atoms with E-state index in [1.807, 2.05) is 60.7 Å². The molecule has 0 spiro atoms. The summed E-state index contributed by atoms with van der Waals surface area (Å²) in [5.74, 6) is 0. The summed E-state index contributed by atoms with van der Waals surface area (Å²) in [6, 6.07) is 39.6. The maximum atomic E-state index is 5.83. The van der Waals surface area contributed by atoms with Gasteiger partial charge >= 0.3 is 0 Å². The molecule has 0 radical (unpaired) electrons. The van der Waals surface area contributed by atoms with Gasteiger partial charge < -0.3 is 5.73 Å². The van der Waals surface area contributed by atoms with Gasteiger partial charge in [-0.25, -0.2) is 0 Å². The van der Waals surface area contributed by atoms with Gasteiger partial charge in [-0.05, 0) is 22.9 Å². The average molecular weight is 429 g/mol. The van der Waals surface area contributed by atoms with Gasteiger partial charge in [0.2, 0.25) is 0 Å². The van der Waals surface area contributed by atoms with E-state index < -0.39 is 0 Å². The third-order valence-corrected chi connectivity index (χ3v) is 3.84. The monoisotopic (exact) mass is 428 g/mol. The van der Waals surface area contributed by atoms with E-state index in [1.54, 1.807) is 0 Å². The van der Waals surface area contributed by atoms with Crippen molar-refractivity contribution in [2.75, 3.05) is 5.73 Å².